The highest BCUT2D eigenvalue weighted by molar-refractivity contribution is 5.48. The Hall–Kier alpha value is -1.69. The molecule has 1 N–H and O–H groups in total. The lowest BCUT2D eigenvalue weighted by atomic mass is 10.3. The number of aryl methyl sites for hydroxylation is 1. The minimum atomic E-state index is 0.190. The van der Waals surface area contributed by atoms with Gasteiger partial charge in [0.25, 0.3) is 5.88 Å². The van der Waals surface area contributed by atoms with Crippen LogP contribution in [0.15, 0.2) is 12.4 Å². The predicted octanol–water partition coefficient (Wildman–Crippen LogP) is 0.173. The van der Waals surface area contributed by atoms with E-state index in [0.29, 0.717) is 11.5 Å². The van der Waals surface area contributed by atoms with Crippen molar-refractivity contribution in [3.8, 4) is 5.88 Å². The summed E-state index contributed by atoms with van der Waals surface area (Å²) in [6.07, 6.45) is 4.75. The molecule has 1 saturated heterocycles. The number of hydrogen-bond acceptors (Lipinski definition) is 5. The first-order valence-electron chi connectivity index (χ1n) is 5.38. The van der Waals surface area contributed by atoms with Crippen molar-refractivity contribution in [3.05, 3.63) is 18.2 Å². The molecule has 84 valence electrons. The van der Waals surface area contributed by atoms with Crippen molar-refractivity contribution in [1.82, 2.24) is 24.9 Å². The van der Waals surface area contributed by atoms with E-state index in [2.05, 4.69) is 20.5 Å². The molecule has 6 heteroatoms. The van der Waals surface area contributed by atoms with Crippen molar-refractivity contribution in [3.63, 3.8) is 0 Å². The largest absolute Gasteiger partial charge is 0.470 e. The second kappa shape index (κ2) is 3.71. The number of nitrogens with one attached hydrogen (secondary N) is 1. The fraction of sp³-hybridized carbons (Fsp3) is 0.500. The zero-order valence-electron chi connectivity index (χ0n) is 9.05. The van der Waals surface area contributed by atoms with Crippen LogP contribution in [0, 0.1) is 6.92 Å². The standard InChI is InChI=1S/C10H13N5O/c1-7-13-14-9-10(12-4-5-15(7)9)16-8-2-3-11-6-8/h4-5,8,11H,2-3,6H2,1H3. The van der Waals surface area contributed by atoms with Gasteiger partial charge < -0.3 is 10.1 Å². The average Bonchev–Trinajstić information content (AvgIpc) is 2.90. The van der Waals surface area contributed by atoms with Crippen molar-refractivity contribution >= 4 is 5.65 Å². The van der Waals surface area contributed by atoms with Gasteiger partial charge in [-0.15, -0.1) is 10.2 Å². The van der Waals surface area contributed by atoms with Gasteiger partial charge in [0.15, 0.2) is 0 Å². The molecule has 0 aromatic carbocycles. The predicted molar refractivity (Wildman–Crippen MR) is 57.4 cm³/mol. The van der Waals surface area contributed by atoms with E-state index in [1.54, 1.807) is 6.20 Å². The van der Waals surface area contributed by atoms with Gasteiger partial charge in [0, 0.05) is 18.9 Å². The maximum atomic E-state index is 5.80. The maximum absolute atomic E-state index is 5.80. The topological polar surface area (TPSA) is 64.3 Å². The summed E-state index contributed by atoms with van der Waals surface area (Å²) in [6, 6.07) is 0. The fourth-order valence-electron chi connectivity index (χ4n) is 1.89. The molecule has 6 nitrogen and oxygen atoms in total. The number of fused-ring (bicyclic) bond motifs is 1. The molecule has 1 unspecified atom stereocenters. The second-order valence-corrected chi connectivity index (χ2v) is 3.91. The smallest absolute Gasteiger partial charge is 0.260 e. The summed E-state index contributed by atoms with van der Waals surface area (Å²) < 4.78 is 7.68. The van der Waals surface area contributed by atoms with Crippen LogP contribution in [0.25, 0.3) is 5.65 Å². The molecule has 16 heavy (non-hydrogen) atoms. The summed E-state index contributed by atoms with van der Waals surface area (Å²) in [5, 5.41) is 11.3. The summed E-state index contributed by atoms with van der Waals surface area (Å²) in [4.78, 5) is 4.21. The lowest BCUT2D eigenvalue weighted by Gasteiger charge is -2.11. The van der Waals surface area contributed by atoms with Gasteiger partial charge in [-0.2, -0.15) is 0 Å². The number of nitrogens with zero attached hydrogens (tertiary/aromatic N) is 4. The van der Waals surface area contributed by atoms with Gasteiger partial charge in [0.05, 0.1) is 0 Å². The Morgan fingerprint density at radius 2 is 2.44 bits per heavy atom. The molecule has 1 aliphatic heterocycles. The number of ether oxygens (including phenoxy) is 1. The van der Waals surface area contributed by atoms with E-state index in [-0.39, 0.29) is 6.10 Å². The van der Waals surface area contributed by atoms with E-state index < -0.39 is 0 Å². The van der Waals surface area contributed by atoms with E-state index in [9.17, 15) is 0 Å². The van der Waals surface area contributed by atoms with Crippen LogP contribution in [0.3, 0.4) is 0 Å². The van der Waals surface area contributed by atoms with E-state index in [0.717, 1.165) is 25.3 Å². The van der Waals surface area contributed by atoms with Crippen molar-refractivity contribution in [1.29, 1.82) is 0 Å². The van der Waals surface area contributed by atoms with Gasteiger partial charge in [-0.05, 0) is 19.9 Å². The Kier molecular flexibility index (Phi) is 2.21. The molecule has 3 heterocycles. The summed E-state index contributed by atoms with van der Waals surface area (Å²) in [5.41, 5.74) is 0.687. The van der Waals surface area contributed by atoms with Crippen molar-refractivity contribution in [2.75, 3.05) is 13.1 Å². The zero-order valence-corrected chi connectivity index (χ0v) is 9.05. The molecule has 1 atom stereocenters. The van der Waals surface area contributed by atoms with E-state index >= 15 is 0 Å². The summed E-state index contributed by atoms with van der Waals surface area (Å²) >= 11 is 0. The van der Waals surface area contributed by atoms with Crippen LogP contribution in [0.5, 0.6) is 5.88 Å². The quantitative estimate of drug-likeness (QED) is 0.780. The molecule has 0 bridgehead atoms. The third-order valence-electron chi connectivity index (χ3n) is 2.76. The first kappa shape index (κ1) is 9.53. The molecule has 0 aliphatic carbocycles. The summed E-state index contributed by atoms with van der Waals surface area (Å²) in [5.74, 6) is 1.41. The van der Waals surface area contributed by atoms with Crippen LogP contribution >= 0.6 is 0 Å². The zero-order chi connectivity index (χ0) is 11.0. The molecule has 1 fully saturated rings. The molecule has 0 saturated carbocycles. The maximum Gasteiger partial charge on any atom is 0.260 e. The average molecular weight is 219 g/mol. The van der Waals surface area contributed by atoms with Gasteiger partial charge >= 0.3 is 0 Å². The molecule has 2 aromatic rings. The van der Waals surface area contributed by atoms with Gasteiger partial charge in [-0.3, -0.25) is 4.40 Å². The van der Waals surface area contributed by atoms with Crippen LogP contribution in [0.1, 0.15) is 12.2 Å². The van der Waals surface area contributed by atoms with Crippen LogP contribution in [-0.2, 0) is 0 Å². The molecular weight excluding hydrogens is 206 g/mol. The Balaban J connectivity index is 1.96. The number of hydrogen-bond donors (Lipinski definition) is 1. The monoisotopic (exact) mass is 219 g/mol. The van der Waals surface area contributed by atoms with Crippen molar-refractivity contribution < 1.29 is 4.74 Å². The Morgan fingerprint density at radius 1 is 1.50 bits per heavy atom. The molecule has 1 aliphatic rings. The van der Waals surface area contributed by atoms with Crippen molar-refractivity contribution in [2.45, 2.75) is 19.4 Å². The number of aromatic nitrogens is 4. The van der Waals surface area contributed by atoms with Crippen LogP contribution < -0.4 is 10.1 Å². The highest BCUT2D eigenvalue weighted by atomic mass is 16.5. The van der Waals surface area contributed by atoms with E-state index in [1.165, 1.54) is 0 Å². The van der Waals surface area contributed by atoms with Crippen LogP contribution in [-0.4, -0.2) is 38.8 Å². The molecule has 3 rings (SSSR count). The van der Waals surface area contributed by atoms with Gasteiger partial charge in [0.2, 0.25) is 5.65 Å². The van der Waals surface area contributed by atoms with Gasteiger partial charge in [-0.25, -0.2) is 4.98 Å². The molecule has 0 radical (unpaired) electrons. The Morgan fingerprint density at radius 3 is 3.25 bits per heavy atom. The second-order valence-electron chi connectivity index (χ2n) is 3.91. The van der Waals surface area contributed by atoms with Gasteiger partial charge in [0.1, 0.15) is 11.9 Å². The normalized spacial score (nSPS) is 20.4. The third kappa shape index (κ3) is 1.51. The highest BCUT2D eigenvalue weighted by Gasteiger charge is 2.18. The number of rotatable bonds is 2. The third-order valence-corrected chi connectivity index (χ3v) is 2.76. The van der Waals surface area contributed by atoms with E-state index in [4.69, 9.17) is 4.74 Å². The first-order chi connectivity index (χ1) is 7.84. The minimum absolute atomic E-state index is 0.190. The molecular formula is C10H13N5O. The SMILES string of the molecule is Cc1nnc2c(OC3CCNC3)nccn12. The van der Waals surface area contributed by atoms with Crippen LogP contribution in [0.2, 0.25) is 0 Å². The lowest BCUT2D eigenvalue weighted by molar-refractivity contribution is 0.215. The molecule has 0 amide bonds. The molecule has 0 spiro atoms. The minimum Gasteiger partial charge on any atom is -0.470 e. The molecule has 2 aromatic heterocycles. The fourth-order valence-corrected chi connectivity index (χ4v) is 1.89. The van der Waals surface area contributed by atoms with Crippen LogP contribution in [0.4, 0.5) is 0 Å². The van der Waals surface area contributed by atoms with Gasteiger partial charge in [-0.1, -0.05) is 0 Å². The lowest BCUT2D eigenvalue weighted by Crippen LogP contribution is -2.20. The summed E-state index contributed by atoms with van der Waals surface area (Å²) in [6.45, 7) is 3.77. The van der Waals surface area contributed by atoms with Crippen molar-refractivity contribution in [2.24, 2.45) is 0 Å². The Bertz CT molecular complexity index is 503. The van der Waals surface area contributed by atoms with E-state index in [1.807, 2.05) is 17.5 Å². The Labute approximate surface area is 92.7 Å². The highest BCUT2D eigenvalue weighted by Crippen LogP contribution is 2.17. The first-order valence-corrected chi connectivity index (χ1v) is 5.38. The summed E-state index contributed by atoms with van der Waals surface area (Å²) in [7, 11) is 0.